The monoisotopic (exact) mass is 376 g/mol. The average molecular weight is 376 g/mol. The largest absolute Gasteiger partial charge is 0.322 e. The predicted octanol–water partition coefficient (Wildman–Crippen LogP) is 3.62. The summed E-state index contributed by atoms with van der Waals surface area (Å²) in [5.41, 5.74) is 3.08. The van der Waals surface area contributed by atoms with E-state index in [-0.39, 0.29) is 11.1 Å². The van der Waals surface area contributed by atoms with Gasteiger partial charge in [0.05, 0.1) is 0 Å². The first kappa shape index (κ1) is 17.1. The Kier molecular flexibility index (Phi) is 4.29. The molecule has 3 heterocycles. The third-order valence-corrected chi connectivity index (χ3v) is 5.36. The minimum absolute atomic E-state index is 0.106. The fourth-order valence-electron chi connectivity index (χ4n) is 2.85. The molecule has 0 radical (unpaired) electrons. The fraction of sp³-hybridized carbons (Fsp3) is 0.100. The molecule has 0 fully saturated rings. The topological polar surface area (TPSA) is 76.9 Å². The van der Waals surface area contributed by atoms with Crippen molar-refractivity contribution in [2.45, 2.75) is 6.92 Å². The van der Waals surface area contributed by atoms with Crippen LogP contribution in [-0.4, -0.2) is 20.4 Å². The van der Waals surface area contributed by atoms with Crippen LogP contribution in [0.2, 0.25) is 0 Å². The summed E-state index contributed by atoms with van der Waals surface area (Å²) in [6, 6.07) is 12.6. The molecule has 0 saturated carbocycles. The van der Waals surface area contributed by atoms with Crippen molar-refractivity contribution in [3.05, 3.63) is 76.3 Å². The number of carbonyl (C=O) groups is 1. The van der Waals surface area contributed by atoms with Crippen LogP contribution >= 0.6 is 11.3 Å². The Balaban J connectivity index is 1.71. The Morgan fingerprint density at radius 2 is 2.00 bits per heavy atom. The van der Waals surface area contributed by atoms with Crippen molar-refractivity contribution < 1.29 is 4.79 Å². The summed E-state index contributed by atoms with van der Waals surface area (Å²) < 4.78 is 1.38. The molecule has 0 aliphatic rings. The van der Waals surface area contributed by atoms with E-state index < -0.39 is 5.91 Å². The fourth-order valence-corrected chi connectivity index (χ4v) is 3.84. The van der Waals surface area contributed by atoms with Crippen LogP contribution in [0.3, 0.4) is 0 Å². The molecule has 4 rings (SSSR count). The van der Waals surface area contributed by atoms with E-state index in [0.29, 0.717) is 5.69 Å². The smallest absolute Gasteiger partial charge is 0.263 e. The molecule has 0 saturated heterocycles. The zero-order valence-corrected chi connectivity index (χ0v) is 15.6. The van der Waals surface area contributed by atoms with Crippen molar-refractivity contribution in [1.29, 1.82) is 0 Å². The summed E-state index contributed by atoms with van der Waals surface area (Å²) in [5.74, 6) is -0.428. The van der Waals surface area contributed by atoms with E-state index in [1.807, 2.05) is 37.3 Å². The second-order valence-electron chi connectivity index (χ2n) is 6.12. The van der Waals surface area contributed by atoms with Gasteiger partial charge in [-0.2, -0.15) is 0 Å². The van der Waals surface area contributed by atoms with Crippen LogP contribution < -0.4 is 10.9 Å². The number of anilines is 1. The van der Waals surface area contributed by atoms with Crippen LogP contribution in [-0.2, 0) is 7.05 Å². The highest BCUT2D eigenvalue weighted by Gasteiger charge is 2.15. The normalized spacial score (nSPS) is 10.9. The number of aromatic nitrogens is 3. The number of hydrogen-bond acceptors (Lipinski definition) is 5. The summed E-state index contributed by atoms with van der Waals surface area (Å²) in [5, 5.41) is 3.69. The SMILES string of the molecule is Cc1c(NC(=O)c2cccn(C)c2=O)cccc1-c1nc2cccnc2s1. The number of thiazole rings is 1. The zero-order chi connectivity index (χ0) is 19.0. The lowest BCUT2D eigenvalue weighted by Gasteiger charge is -2.11. The molecular weight excluding hydrogens is 360 g/mol. The van der Waals surface area contributed by atoms with Crippen LogP contribution in [0.15, 0.2) is 59.7 Å². The maximum Gasteiger partial charge on any atom is 0.263 e. The molecule has 1 amide bonds. The van der Waals surface area contributed by atoms with Gasteiger partial charge in [0.1, 0.15) is 20.9 Å². The Morgan fingerprint density at radius 1 is 1.15 bits per heavy atom. The van der Waals surface area contributed by atoms with Gasteiger partial charge in [-0.25, -0.2) is 9.97 Å². The Labute approximate surface area is 159 Å². The molecule has 4 aromatic rings. The van der Waals surface area contributed by atoms with Gasteiger partial charge in [-0.15, -0.1) is 0 Å². The maximum atomic E-state index is 12.6. The summed E-state index contributed by atoms with van der Waals surface area (Å²) >= 11 is 1.50. The number of rotatable bonds is 3. The molecule has 3 aromatic heterocycles. The van der Waals surface area contributed by atoms with Crippen LogP contribution in [0.4, 0.5) is 5.69 Å². The molecule has 0 atom stereocenters. The van der Waals surface area contributed by atoms with Crippen molar-refractivity contribution in [3.8, 4) is 10.6 Å². The molecule has 27 heavy (non-hydrogen) atoms. The van der Waals surface area contributed by atoms with Gasteiger partial charge in [-0.3, -0.25) is 9.59 Å². The summed E-state index contributed by atoms with van der Waals surface area (Å²) in [6.07, 6.45) is 3.36. The Morgan fingerprint density at radius 3 is 2.81 bits per heavy atom. The number of nitrogens with one attached hydrogen (secondary N) is 1. The maximum absolute atomic E-state index is 12.6. The predicted molar refractivity (Wildman–Crippen MR) is 107 cm³/mol. The number of benzene rings is 1. The quantitative estimate of drug-likeness (QED) is 0.592. The van der Waals surface area contributed by atoms with Crippen LogP contribution in [0.1, 0.15) is 15.9 Å². The number of aryl methyl sites for hydroxylation is 1. The highest BCUT2D eigenvalue weighted by Crippen LogP contribution is 2.33. The highest BCUT2D eigenvalue weighted by atomic mass is 32.1. The van der Waals surface area contributed by atoms with Gasteiger partial charge in [-0.1, -0.05) is 23.5 Å². The summed E-state index contributed by atoms with van der Waals surface area (Å²) in [6.45, 7) is 1.92. The van der Waals surface area contributed by atoms with E-state index in [9.17, 15) is 9.59 Å². The van der Waals surface area contributed by atoms with Crippen molar-refractivity contribution in [2.24, 2.45) is 7.05 Å². The van der Waals surface area contributed by atoms with Gasteiger partial charge in [0.25, 0.3) is 11.5 Å². The van der Waals surface area contributed by atoms with Crippen molar-refractivity contribution in [1.82, 2.24) is 14.5 Å². The molecule has 0 bridgehead atoms. The first-order valence-electron chi connectivity index (χ1n) is 8.33. The molecule has 0 aliphatic heterocycles. The Bertz CT molecular complexity index is 1190. The van der Waals surface area contributed by atoms with E-state index in [0.717, 1.165) is 26.5 Å². The van der Waals surface area contributed by atoms with Gasteiger partial charge >= 0.3 is 0 Å². The number of hydrogen-bond donors (Lipinski definition) is 1. The lowest BCUT2D eigenvalue weighted by atomic mass is 10.1. The minimum Gasteiger partial charge on any atom is -0.322 e. The second kappa shape index (κ2) is 6.77. The Hall–Kier alpha value is -3.32. The van der Waals surface area contributed by atoms with Gasteiger partial charge < -0.3 is 9.88 Å². The van der Waals surface area contributed by atoms with Crippen molar-refractivity contribution in [2.75, 3.05) is 5.32 Å². The molecule has 7 heteroatoms. The standard InChI is InChI=1S/C20H16N4O2S/c1-12-13(18-23-16-9-4-10-21-19(16)27-18)6-3-8-15(12)22-17(25)14-7-5-11-24(2)20(14)26/h3-11H,1-2H3,(H,22,25). The van der Waals surface area contributed by atoms with Crippen molar-refractivity contribution >= 4 is 33.3 Å². The molecule has 134 valence electrons. The molecule has 1 N–H and O–H groups in total. The van der Waals surface area contributed by atoms with Crippen LogP contribution in [0.25, 0.3) is 20.9 Å². The minimum atomic E-state index is -0.428. The van der Waals surface area contributed by atoms with E-state index in [4.69, 9.17) is 0 Å². The molecular formula is C20H16N4O2S. The first-order chi connectivity index (χ1) is 13.0. The molecule has 0 aliphatic carbocycles. The van der Waals surface area contributed by atoms with E-state index >= 15 is 0 Å². The van der Waals surface area contributed by atoms with Crippen LogP contribution in [0, 0.1) is 6.92 Å². The molecule has 0 unspecified atom stereocenters. The molecule has 0 spiro atoms. The number of carbonyl (C=O) groups excluding carboxylic acids is 1. The lowest BCUT2D eigenvalue weighted by molar-refractivity contribution is 0.102. The van der Waals surface area contributed by atoms with Crippen molar-refractivity contribution in [3.63, 3.8) is 0 Å². The van der Waals surface area contributed by atoms with E-state index in [2.05, 4.69) is 15.3 Å². The van der Waals surface area contributed by atoms with Gasteiger partial charge in [-0.05, 0) is 42.8 Å². The molecule has 6 nitrogen and oxygen atoms in total. The van der Waals surface area contributed by atoms with Gasteiger partial charge in [0.15, 0.2) is 0 Å². The first-order valence-corrected chi connectivity index (χ1v) is 9.15. The number of pyridine rings is 2. The van der Waals surface area contributed by atoms with Gasteiger partial charge in [0.2, 0.25) is 0 Å². The van der Waals surface area contributed by atoms with E-state index in [1.165, 1.54) is 22.0 Å². The lowest BCUT2D eigenvalue weighted by Crippen LogP contribution is -2.27. The summed E-state index contributed by atoms with van der Waals surface area (Å²) in [7, 11) is 1.62. The second-order valence-corrected chi connectivity index (χ2v) is 7.09. The number of amides is 1. The highest BCUT2D eigenvalue weighted by molar-refractivity contribution is 7.21. The average Bonchev–Trinajstić information content (AvgIpc) is 3.09. The molecule has 1 aromatic carbocycles. The number of nitrogens with zero attached hydrogens (tertiary/aromatic N) is 3. The third-order valence-electron chi connectivity index (χ3n) is 4.35. The zero-order valence-electron chi connectivity index (χ0n) is 14.8. The summed E-state index contributed by atoms with van der Waals surface area (Å²) in [4.78, 5) is 34.6. The van der Waals surface area contributed by atoms with Gasteiger partial charge in [0, 0.05) is 30.7 Å². The number of fused-ring (bicyclic) bond motifs is 1. The third kappa shape index (κ3) is 3.13. The van der Waals surface area contributed by atoms with E-state index in [1.54, 1.807) is 25.5 Å². The van der Waals surface area contributed by atoms with Crippen LogP contribution in [0.5, 0.6) is 0 Å².